The smallest absolute Gasteiger partial charge is 0.240 e. The molecule has 2 aliphatic rings. The van der Waals surface area contributed by atoms with Crippen LogP contribution in [0.15, 0.2) is 0 Å². The van der Waals surface area contributed by atoms with E-state index >= 15 is 0 Å². The van der Waals surface area contributed by atoms with Crippen LogP contribution in [0.3, 0.4) is 0 Å². The zero-order valence-corrected chi connectivity index (χ0v) is 10.4. The Morgan fingerprint density at radius 1 is 1.29 bits per heavy atom. The van der Waals surface area contributed by atoms with Crippen molar-refractivity contribution in [3.63, 3.8) is 0 Å². The largest absolute Gasteiger partial charge is 0.379 e. The van der Waals surface area contributed by atoms with Gasteiger partial charge in [-0.2, -0.15) is 5.26 Å². The Balaban J connectivity index is 2.03. The van der Waals surface area contributed by atoms with Crippen LogP contribution in [0.2, 0.25) is 0 Å². The van der Waals surface area contributed by atoms with Gasteiger partial charge in [-0.05, 0) is 32.6 Å². The number of carbonyl (C=O) groups excluding carboxylic acids is 1. The summed E-state index contributed by atoms with van der Waals surface area (Å²) < 4.78 is 5.42. The molecule has 17 heavy (non-hydrogen) atoms. The SMILES string of the molecule is CC1(NC(=O)C2(C#N)CCCC2)CCCOC1. The van der Waals surface area contributed by atoms with E-state index in [1.165, 1.54) is 0 Å². The molecule has 0 spiro atoms. The summed E-state index contributed by atoms with van der Waals surface area (Å²) in [6.45, 7) is 3.33. The number of nitrogens with zero attached hydrogens (tertiary/aromatic N) is 1. The second-order valence-corrected chi connectivity index (χ2v) is 5.57. The molecule has 1 unspecified atom stereocenters. The van der Waals surface area contributed by atoms with Gasteiger partial charge in [0.2, 0.25) is 5.91 Å². The second kappa shape index (κ2) is 4.66. The monoisotopic (exact) mass is 236 g/mol. The van der Waals surface area contributed by atoms with E-state index in [2.05, 4.69) is 11.4 Å². The molecule has 4 nitrogen and oxygen atoms in total. The number of hydrogen-bond donors (Lipinski definition) is 1. The van der Waals surface area contributed by atoms with E-state index in [-0.39, 0.29) is 11.4 Å². The predicted octanol–water partition coefficient (Wildman–Crippen LogP) is 1.76. The molecule has 4 heteroatoms. The first-order valence-corrected chi connectivity index (χ1v) is 6.42. The molecule has 1 heterocycles. The van der Waals surface area contributed by atoms with Crippen molar-refractivity contribution in [2.45, 2.75) is 51.0 Å². The fourth-order valence-electron chi connectivity index (χ4n) is 2.79. The second-order valence-electron chi connectivity index (χ2n) is 5.57. The maximum Gasteiger partial charge on any atom is 0.240 e. The fraction of sp³-hybridized carbons (Fsp3) is 0.846. The van der Waals surface area contributed by atoms with Gasteiger partial charge in [-0.1, -0.05) is 12.8 Å². The van der Waals surface area contributed by atoms with E-state index in [1.807, 2.05) is 6.92 Å². The van der Waals surface area contributed by atoms with Crippen LogP contribution in [-0.4, -0.2) is 24.7 Å². The lowest BCUT2D eigenvalue weighted by Crippen LogP contribution is -2.55. The minimum Gasteiger partial charge on any atom is -0.379 e. The Hall–Kier alpha value is -1.08. The molecule has 1 N–H and O–H groups in total. The summed E-state index contributed by atoms with van der Waals surface area (Å²) in [6.07, 6.45) is 5.26. The molecule has 0 radical (unpaired) electrons. The van der Waals surface area contributed by atoms with Gasteiger partial charge in [0.1, 0.15) is 5.41 Å². The van der Waals surface area contributed by atoms with Crippen molar-refractivity contribution < 1.29 is 9.53 Å². The molecule has 0 aromatic carbocycles. The highest BCUT2D eigenvalue weighted by Crippen LogP contribution is 2.38. The lowest BCUT2D eigenvalue weighted by molar-refractivity contribution is -0.131. The third-order valence-corrected chi connectivity index (χ3v) is 3.96. The highest BCUT2D eigenvalue weighted by Gasteiger charge is 2.44. The van der Waals surface area contributed by atoms with Crippen LogP contribution in [0, 0.1) is 16.7 Å². The maximum absolute atomic E-state index is 12.3. The van der Waals surface area contributed by atoms with Gasteiger partial charge in [-0.25, -0.2) is 0 Å². The summed E-state index contributed by atoms with van der Waals surface area (Å²) in [4.78, 5) is 12.3. The van der Waals surface area contributed by atoms with Crippen molar-refractivity contribution >= 4 is 5.91 Å². The summed E-state index contributed by atoms with van der Waals surface area (Å²) in [5.41, 5.74) is -1.07. The van der Waals surface area contributed by atoms with Crippen LogP contribution in [0.1, 0.15) is 45.4 Å². The molecule has 94 valence electrons. The van der Waals surface area contributed by atoms with Gasteiger partial charge in [0.15, 0.2) is 0 Å². The molecule has 2 fully saturated rings. The van der Waals surface area contributed by atoms with E-state index in [0.29, 0.717) is 19.4 Å². The van der Waals surface area contributed by atoms with Crippen molar-refractivity contribution in [1.82, 2.24) is 5.32 Å². The van der Waals surface area contributed by atoms with Crippen LogP contribution >= 0.6 is 0 Å². The van der Waals surface area contributed by atoms with E-state index in [4.69, 9.17) is 4.74 Å². The summed E-state index contributed by atoms with van der Waals surface area (Å²) >= 11 is 0. The molecule has 0 bridgehead atoms. The van der Waals surface area contributed by atoms with Gasteiger partial charge in [0.25, 0.3) is 0 Å². The molecule has 1 aliphatic heterocycles. The van der Waals surface area contributed by atoms with Gasteiger partial charge in [0.05, 0.1) is 18.2 Å². The molecule has 1 aliphatic carbocycles. The molecule has 0 aromatic heterocycles. The average Bonchev–Trinajstić information content (AvgIpc) is 2.79. The Bertz CT molecular complexity index is 334. The van der Waals surface area contributed by atoms with Crippen molar-refractivity contribution in [3.05, 3.63) is 0 Å². The highest BCUT2D eigenvalue weighted by molar-refractivity contribution is 5.86. The Morgan fingerprint density at radius 3 is 2.53 bits per heavy atom. The number of hydrogen-bond acceptors (Lipinski definition) is 3. The number of amides is 1. The molecule has 1 amide bonds. The van der Waals surface area contributed by atoms with Crippen molar-refractivity contribution in [3.8, 4) is 6.07 Å². The third kappa shape index (κ3) is 2.44. The van der Waals surface area contributed by atoms with Crippen LogP contribution in [-0.2, 0) is 9.53 Å². The Morgan fingerprint density at radius 2 is 2.00 bits per heavy atom. The zero-order valence-electron chi connectivity index (χ0n) is 10.4. The number of carbonyl (C=O) groups is 1. The summed E-state index contributed by atoms with van der Waals surface area (Å²) in [6, 6.07) is 2.23. The van der Waals surface area contributed by atoms with Crippen molar-refractivity contribution in [1.29, 1.82) is 5.26 Å². The molecular formula is C13H20N2O2. The van der Waals surface area contributed by atoms with Gasteiger partial charge in [0, 0.05) is 6.61 Å². The van der Waals surface area contributed by atoms with Gasteiger partial charge in [-0.15, -0.1) is 0 Å². The van der Waals surface area contributed by atoms with Crippen molar-refractivity contribution in [2.24, 2.45) is 5.41 Å². The standard InChI is InChI=1S/C13H20N2O2/c1-12(5-4-8-17-10-12)15-11(16)13(9-14)6-2-3-7-13/h2-8,10H2,1H3,(H,15,16). The van der Waals surface area contributed by atoms with Crippen LogP contribution in [0.25, 0.3) is 0 Å². The minimum atomic E-state index is -0.777. The van der Waals surface area contributed by atoms with Crippen molar-refractivity contribution in [2.75, 3.05) is 13.2 Å². The lowest BCUT2D eigenvalue weighted by atomic mass is 9.85. The molecular weight excluding hydrogens is 216 g/mol. The third-order valence-electron chi connectivity index (χ3n) is 3.96. The lowest BCUT2D eigenvalue weighted by Gasteiger charge is -2.36. The number of nitrogens with one attached hydrogen (secondary N) is 1. The van der Waals surface area contributed by atoms with Crippen LogP contribution in [0.4, 0.5) is 0 Å². The number of rotatable bonds is 2. The summed E-state index contributed by atoms with van der Waals surface area (Å²) in [7, 11) is 0. The van der Waals surface area contributed by atoms with Gasteiger partial charge >= 0.3 is 0 Å². The van der Waals surface area contributed by atoms with Gasteiger partial charge in [-0.3, -0.25) is 4.79 Å². The highest BCUT2D eigenvalue weighted by atomic mass is 16.5. The summed E-state index contributed by atoms with van der Waals surface area (Å²) in [5, 5.41) is 12.3. The van der Waals surface area contributed by atoms with Crippen LogP contribution < -0.4 is 5.32 Å². The summed E-state index contributed by atoms with van der Waals surface area (Å²) in [5.74, 6) is -0.0921. The molecule has 1 saturated heterocycles. The van der Waals surface area contributed by atoms with Crippen LogP contribution in [0.5, 0.6) is 0 Å². The first-order chi connectivity index (χ1) is 8.10. The molecule has 1 saturated carbocycles. The maximum atomic E-state index is 12.3. The van der Waals surface area contributed by atoms with E-state index < -0.39 is 5.41 Å². The van der Waals surface area contributed by atoms with E-state index in [9.17, 15) is 10.1 Å². The normalized spacial score (nSPS) is 31.8. The topological polar surface area (TPSA) is 62.1 Å². The Labute approximate surface area is 102 Å². The fourth-order valence-corrected chi connectivity index (χ4v) is 2.79. The predicted molar refractivity (Wildman–Crippen MR) is 63.1 cm³/mol. The average molecular weight is 236 g/mol. The number of nitriles is 1. The quantitative estimate of drug-likeness (QED) is 0.794. The molecule has 1 atom stereocenters. The molecule has 0 aromatic rings. The number of ether oxygens (including phenoxy) is 1. The first-order valence-electron chi connectivity index (χ1n) is 6.42. The minimum absolute atomic E-state index is 0.0921. The van der Waals surface area contributed by atoms with E-state index in [1.54, 1.807) is 0 Å². The zero-order chi connectivity index (χ0) is 12.4. The Kier molecular flexibility index (Phi) is 3.39. The van der Waals surface area contributed by atoms with E-state index in [0.717, 1.165) is 32.3 Å². The first kappa shape index (κ1) is 12.4. The van der Waals surface area contributed by atoms with Gasteiger partial charge < -0.3 is 10.1 Å². The molecule has 2 rings (SSSR count).